The van der Waals surface area contributed by atoms with Gasteiger partial charge >= 0.3 is 5.69 Å². The molecule has 1 heterocycles. The van der Waals surface area contributed by atoms with Crippen molar-refractivity contribution < 1.29 is 0 Å². The third kappa shape index (κ3) is 3.14. The fourth-order valence-corrected chi connectivity index (χ4v) is 1.30. The van der Waals surface area contributed by atoms with E-state index < -0.39 is 0 Å². The molecule has 0 radical (unpaired) electrons. The van der Waals surface area contributed by atoms with Gasteiger partial charge < -0.3 is 4.57 Å². The van der Waals surface area contributed by atoms with Gasteiger partial charge in [0.2, 0.25) is 0 Å². The Morgan fingerprint density at radius 1 is 1.54 bits per heavy atom. The Morgan fingerprint density at radius 2 is 2.31 bits per heavy atom. The lowest BCUT2D eigenvalue weighted by Gasteiger charge is -2.02. The Kier molecular flexibility index (Phi) is 3.89. The van der Waals surface area contributed by atoms with E-state index in [1.165, 1.54) is 0 Å². The minimum Gasteiger partial charge on any atom is -0.301 e. The minimum atomic E-state index is -0.108. The van der Waals surface area contributed by atoms with Crippen molar-refractivity contribution in [2.45, 2.75) is 32.7 Å². The first kappa shape index (κ1) is 10.2. The number of hydrogen-bond donors (Lipinski definition) is 1. The van der Waals surface area contributed by atoms with Crippen LogP contribution in [0.15, 0.2) is 17.1 Å². The normalized spacial score (nSPS) is 10.2. The molecule has 0 bridgehead atoms. The molecule has 0 spiro atoms. The molecule has 1 aromatic heterocycles. The van der Waals surface area contributed by atoms with Crippen molar-refractivity contribution in [1.29, 1.82) is 0 Å². The van der Waals surface area contributed by atoms with Crippen LogP contribution in [0.5, 0.6) is 0 Å². The van der Waals surface area contributed by atoms with Gasteiger partial charge in [0, 0.05) is 12.7 Å². The topological polar surface area (TPSA) is 37.8 Å². The van der Waals surface area contributed by atoms with Gasteiger partial charge in [-0.25, -0.2) is 4.79 Å². The summed E-state index contributed by atoms with van der Waals surface area (Å²) in [5.41, 5.74) is -0.108. The summed E-state index contributed by atoms with van der Waals surface area (Å²) in [5.74, 6) is 0. The highest BCUT2D eigenvalue weighted by atomic mass is 32.1. The van der Waals surface area contributed by atoms with Crippen LogP contribution >= 0.6 is 12.2 Å². The molecule has 0 aromatic carbocycles. The number of unbranched alkanes of at least 4 members (excludes halogenated alkanes) is 2. The first-order valence-electron chi connectivity index (χ1n) is 4.54. The van der Waals surface area contributed by atoms with E-state index in [1.54, 1.807) is 16.8 Å². The Balaban J connectivity index is 2.67. The van der Waals surface area contributed by atoms with Crippen LogP contribution in [0.25, 0.3) is 0 Å². The second kappa shape index (κ2) is 4.97. The summed E-state index contributed by atoms with van der Waals surface area (Å²) >= 11 is 4.83. The molecule has 3 nitrogen and oxygen atoms in total. The van der Waals surface area contributed by atoms with Crippen LogP contribution < -0.4 is 5.69 Å². The lowest BCUT2D eigenvalue weighted by molar-refractivity contribution is 0.576. The van der Waals surface area contributed by atoms with Crippen LogP contribution in [0, 0.1) is 4.64 Å². The number of hydrogen-bond acceptors (Lipinski definition) is 2. The summed E-state index contributed by atoms with van der Waals surface area (Å²) < 4.78 is 2.16. The second-order valence-corrected chi connectivity index (χ2v) is 3.45. The second-order valence-electron chi connectivity index (χ2n) is 3.01. The van der Waals surface area contributed by atoms with E-state index in [0.29, 0.717) is 4.64 Å². The predicted molar refractivity (Wildman–Crippen MR) is 55.4 cm³/mol. The molecule has 0 aliphatic heterocycles. The van der Waals surface area contributed by atoms with E-state index >= 15 is 0 Å². The van der Waals surface area contributed by atoms with Gasteiger partial charge in [0.05, 0.1) is 0 Å². The van der Waals surface area contributed by atoms with E-state index in [9.17, 15) is 4.79 Å². The molecule has 1 N–H and O–H groups in total. The van der Waals surface area contributed by atoms with Crippen molar-refractivity contribution in [3.8, 4) is 0 Å². The summed E-state index contributed by atoms with van der Waals surface area (Å²) in [5, 5.41) is 0. The van der Waals surface area contributed by atoms with Crippen molar-refractivity contribution in [2.75, 3.05) is 0 Å². The maximum absolute atomic E-state index is 11.3. The molecule has 0 saturated carbocycles. The van der Waals surface area contributed by atoms with Crippen LogP contribution in [0.3, 0.4) is 0 Å². The molecule has 0 fully saturated rings. The van der Waals surface area contributed by atoms with Crippen molar-refractivity contribution >= 4 is 12.2 Å². The zero-order valence-electron chi connectivity index (χ0n) is 7.75. The average molecular weight is 198 g/mol. The molecule has 4 heteroatoms. The standard InChI is InChI=1S/C9H14N2OS/c1-2-3-4-6-11-7-5-8(13)10-9(11)12/h5,7H,2-4,6H2,1H3,(H,10,12,13). The Bertz CT molecular complexity index is 366. The molecule has 72 valence electrons. The van der Waals surface area contributed by atoms with Gasteiger partial charge in [0.25, 0.3) is 0 Å². The Labute approximate surface area is 82.4 Å². The van der Waals surface area contributed by atoms with Crippen molar-refractivity contribution in [1.82, 2.24) is 9.55 Å². The highest BCUT2D eigenvalue weighted by Crippen LogP contribution is 1.95. The quantitative estimate of drug-likeness (QED) is 0.594. The molecule has 0 aliphatic rings. The third-order valence-corrected chi connectivity index (χ3v) is 2.14. The van der Waals surface area contributed by atoms with E-state index in [2.05, 4.69) is 11.9 Å². The smallest absolute Gasteiger partial charge is 0.301 e. The molecule has 0 saturated heterocycles. The highest BCUT2D eigenvalue weighted by molar-refractivity contribution is 7.71. The summed E-state index contributed by atoms with van der Waals surface area (Å²) in [6.45, 7) is 2.92. The summed E-state index contributed by atoms with van der Waals surface area (Å²) in [6.07, 6.45) is 5.11. The maximum Gasteiger partial charge on any atom is 0.326 e. The fraction of sp³-hybridized carbons (Fsp3) is 0.556. The first-order chi connectivity index (χ1) is 6.24. The largest absolute Gasteiger partial charge is 0.326 e. The first-order valence-corrected chi connectivity index (χ1v) is 4.94. The van der Waals surface area contributed by atoms with Crippen LogP contribution in [-0.4, -0.2) is 9.55 Å². The van der Waals surface area contributed by atoms with Crippen LogP contribution in [0.4, 0.5) is 0 Å². The van der Waals surface area contributed by atoms with Gasteiger partial charge in [-0.15, -0.1) is 0 Å². The minimum absolute atomic E-state index is 0.108. The van der Waals surface area contributed by atoms with E-state index in [0.717, 1.165) is 25.8 Å². The van der Waals surface area contributed by atoms with Gasteiger partial charge in [0.15, 0.2) is 0 Å². The molecule has 0 unspecified atom stereocenters. The zero-order chi connectivity index (χ0) is 9.68. The Hall–Kier alpha value is -0.900. The van der Waals surface area contributed by atoms with Gasteiger partial charge in [-0.05, 0) is 12.5 Å². The summed E-state index contributed by atoms with van der Waals surface area (Å²) in [4.78, 5) is 13.9. The van der Waals surface area contributed by atoms with Crippen molar-refractivity contribution in [3.05, 3.63) is 27.4 Å². The number of rotatable bonds is 4. The Morgan fingerprint density at radius 3 is 2.92 bits per heavy atom. The van der Waals surface area contributed by atoms with E-state index in [1.807, 2.05) is 0 Å². The SMILES string of the molecule is CCCCCn1ccc(=S)[nH]c1=O. The average Bonchev–Trinajstić information content (AvgIpc) is 2.09. The molecule has 1 aromatic rings. The number of aromatic nitrogens is 2. The third-order valence-electron chi connectivity index (χ3n) is 1.90. The van der Waals surface area contributed by atoms with Gasteiger partial charge in [0.1, 0.15) is 4.64 Å². The van der Waals surface area contributed by atoms with Gasteiger partial charge in [-0.3, -0.25) is 4.98 Å². The predicted octanol–water partition coefficient (Wildman–Crippen LogP) is 2.10. The molecular formula is C9H14N2OS. The van der Waals surface area contributed by atoms with E-state index in [4.69, 9.17) is 12.2 Å². The molecule has 1 rings (SSSR count). The van der Waals surface area contributed by atoms with Gasteiger partial charge in [-0.2, -0.15) is 0 Å². The maximum atomic E-state index is 11.3. The lowest BCUT2D eigenvalue weighted by atomic mass is 10.2. The molecule has 0 atom stereocenters. The number of nitrogens with one attached hydrogen (secondary N) is 1. The monoisotopic (exact) mass is 198 g/mol. The summed E-state index contributed by atoms with van der Waals surface area (Å²) in [7, 11) is 0. The van der Waals surface area contributed by atoms with Crippen molar-refractivity contribution in [3.63, 3.8) is 0 Å². The number of aromatic amines is 1. The van der Waals surface area contributed by atoms with Crippen molar-refractivity contribution in [2.24, 2.45) is 0 Å². The van der Waals surface area contributed by atoms with E-state index in [-0.39, 0.29) is 5.69 Å². The van der Waals surface area contributed by atoms with Crippen LogP contribution in [0.1, 0.15) is 26.2 Å². The zero-order valence-corrected chi connectivity index (χ0v) is 8.56. The molecular weight excluding hydrogens is 184 g/mol. The highest BCUT2D eigenvalue weighted by Gasteiger charge is 1.93. The molecule has 13 heavy (non-hydrogen) atoms. The summed E-state index contributed by atoms with van der Waals surface area (Å²) in [6, 6.07) is 1.74. The lowest BCUT2D eigenvalue weighted by Crippen LogP contribution is -2.22. The van der Waals surface area contributed by atoms with Crippen LogP contribution in [-0.2, 0) is 6.54 Å². The van der Waals surface area contributed by atoms with Gasteiger partial charge in [-0.1, -0.05) is 32.0 Å². The number of nitrogens with zero attached hydrogens (tertiary/aromatic N) is 1. The van der Waals surface area contributed by atoms with Crippen LogP contribution in [0.2, 0.25) is 0 Å². The molecule has 0 aliphatic carbocycles. The number of aryl methyl sites for hydroxylation is 1. The molecule has 0 amide bonds. The fourth-order valence-electron chi connectivity index (χ4n) is 1.15. The number of H-pyrrole nitrogens is 1.